The lowest BCUT2D eigenvalue weighted by Gasteiger charge is -2.21. The Hall–Kier alpha value is -1.67. The average Bonchev–Trinajstić information content (AvgIpc) is 3.38. The van der Waals surface area contributed by atoms with E-state index in [0.29, 0.717) is 18.6 Å². The van der Waals surface area contributed by atoms with Gasteiger partial charge in [-0.25, -0.2) is 4.98 Å². The molecule has 0 saturated carbocycles. The monoisotopic (exact) mass is 457 g/mol. The third kappa shape index (κ3) is 4.90. The Balaban J connectivity index is 0.00000245. The van der Waals surface area contributed by atoms with Gasteiger partial charge in [0.1, 0.15) is 16.3 Å². The molecule has 1 N–H and O–H groups in total. The summed E-state index contributed by atoms with van der Waals surface area (Å²) in [7, 11) is 0. The van der Waals surface area contributed by atoms with Gasteiger partial charge in [-0.05, 0) is 49.8 Å². The van der Waals surface area contributed by atoms with E-state index in [2.05, 4.69) is 10.3 Å². The van der Waals surface area contributed by atoms with Crippen molar-refractivity contribution >= 4 is 38.7 Å². The number of fused-ring (bicyclic) bond motifs is 2. The van der Waals surface area contributed by atoms with Gasteiger partial charge in [-0.3, -0.25) is 9.78 Å². The Labute approximate surface area is 192 Å². The number of aromatic nitrogens is 2. The van der Waals surface area contributed by atoms with Gasteiger partial charge in [0.2, 0.25) is 0 Å². The minimum Gasteiger partial charge on any atom is -0.381 e. The molecule has 3 aromatic rings. The first kappa shape index (κ1) is 21.2. The molecule has 1 saturated heterocycles. The van der Waals surface area contributed by atoms with Crippen molar-refractivity contribution in [2.45, 2.75) is 57.9 Å². The van der Waals surface area contributed by atoms with Crippen LogP contribution in [0.25, 0.3) is 20.8 Å². The zero-order valence-electron chi connectivity index (χ0n) is 17.8. The van der Waals surface area contributed by atoms with Gasteiger partial charge < -0.3 is 10.1 Å². The number of hydrogen-bond acceptors (Lipinski definition) is 7. The molecule has 0 radical (unpaired) electrons. The Morgan fingerprint density at radius 3 is 3.03 bits per heavy atom. The lowest BCUT2D eigenvalue weighted by atomic mass is 9.93. The molecule has 31 heavy (non-hydrogen) atoms. The van der Waals surface area contributed by atoms with E-state index in [1.807, 2.05) is 29.8 Å². The molecule has 3 aromatic heterocycles. The fourth-order valence-electron chi connectivity index (χ4n) is 4.71. The number of carbonyl (C=O) groups is 1. The highest BCUT2D eigenvalue weighted by molar-refractivity contribution is 7.22. The lowest BCUT2D eigenvalue weighted by Crippen LogP contribution is -2.22. The molecule has 0 spiro atoms. The van der Waals surface area contributed by atoms with Crippen LogP contribution in [-0.2, 0) is 28.9 Å². The molecule has 0 amide bonds. The maximum Gasteiger partial charge on any atom is 0.138 e. The second-order valence-corrected chi connectivity index (χ2v) is 10.8. The van der Waals surface area contributed by atoms with Gasteiger partial charge in [0.05, 0.1) is 10.9 Å². The highest BCUT2D eigenvalue weighted by Gasteiger charge is 2.25. The molecule has 0 unspecified atom stereocenters. The molecule has 166 valence electrons. The van der Waals surface area contributed by atoms with E-state index < -0.39 is 0 Å². The molecule has 2 aliphatic heterocycles. The third-order valence-electron chi connectivity index (χ3n) is 6.42. The quantitative estimate of drug-likeness (QED) is 0.458. The number of pyridine rings is 1. The molecule has 7 heteroatoms. The summed E-state index contributed by atoms with van der Waals surface area (Å²) in [5.41, 5.74) is 3.58. The van der Waals surface area contributed by atoms with Gasteiger partial charge in [-0.1, -0.05) is 12.8 Å². The number of rotatable bonds is 8. The lowest BCUT2D eigenvalue weighted by molar-refractivity contribution is -0.118. The van der Waals surface area contributed by atoms with Crippen LogP contribution in [0.5, 0.6) is 0 Å². The van der Waals surface area contributed by atoms with Crippen LogP contribution in [0.2, 0.25) is 0 Å². The van der Waals surface area contributed by atoms with Crippen molar-refractivity contribution in [1.29, 1.82) is 0 Å². The smallest absolute Gasteiger partial charge is 0.138 e. The minimum absolute atomic E-state index is 0. The highest BCUT2D eigenvalue weighted by Crippen LogP contribution is 2.41. The number of hydrogen-bond donors (Lipinski definition) is 1. The van der Waals surface area contributed by atoms with Gasteiger partial charge in [0.25, 0.3) is 0 Å². The van der Waals surface area contributed by atoms with Gasteiger partial charge in [-0.15, -0.1) is 22.7 Å². The topological polar surface area (TPSA) is 64.1 Å². The van der Waals surface area contributed by atoms with Crippen LogP contribution < -0.4 is 5.32 Å². The third-order valence-corrected chi connectivity index (χ3v) is 8.71. The van der Waals surface area contributed by atoms with Crippen molar-refractivity contribution in [3.8, 4) is 10.6 Å². The normalized spacial score (nSPS) is 17.2. The summed E-state index contributed by atoms with van der Waals surface area (Å²) < 4.78 is 6.60. The molecule has 5 nitrogen and oxygen atoms in total. The highest BCUT2D eigenvalue weighted by atomic mass is 32.1. The number of ketones is 1. The van der Waals surface area contributed by atoms with Gasteiger partial charge >= 0.3 is 0 Å². The van der Waals surface area contributed by atoms with Crippen molar-refractivity contribution in [2.24, 2.45) is 5.92 Å². The number of nitrogens with one attached hydrogen (secondary N) is 1. The molecule has 5 heterocycles. The number of ether oxygens (including phenoxy) is 1. The zero-order valence-corrected chi connectivity index (χ0v) is 19.5. The van der Waals surface area contributed by atoms with Crippen LogP contribution in [0, 0.1) is 5.92 Å². The number of nitrogens with zero attached hydrogens (tertiary/aromatic N) is 2. The molecule has 0 bridgehead atoms. The Morgan fingerprint density at radius 1 is 1.26 bits per heavy atom. The molecule has 2 aliphatic rings. The van der Waals surface area contributed by atoms with E-state index in [9.17, 15) is 4.79 Å². The first-order valence-corrected chi connectivity index (χ1v) is 13.1. The fourth-order valence-corrected chi connectivity index (χ4v) is 7.16. The number of Topliss-reactive ketones (excluding diaryl/α,β-unsaturated/α-hetero) is 1. The van der Waals surface area contributed by atoms with Crippen LogP contribution in [0.15, 0.2) is 18.5 Å². The van der Waals surface area contributed by atoms with Crippen LogP contribution in [-0.4, -0.2) is 35.5 Å². The van der Waals surface area contributed by atoms with Gasteiger partial charge in [0, 0.05) is 55.5 Å². The Kier molecular flexibility index (Phi) is 6.74. The van der Waals surface area contributed by atoms with E-state index in [4.69, 9.17) is 9.72 Å². The number of thiophene rings is 1. The number of carbonyl (C=O) groups excluding carboxylic acids is 1. The van der Waals surface area contributed by atoms with Crippen molar-refractivity contribution in [3.63, 3.8) is 0 Å². The van der Waals surface area contributed by atoms with Crippen molar-refractivity contribution in [3.05, 3.63) is 33.8 Å². The molecular formula is C24H31N3O2S2. The van der Waals surface area contributed by atoms with E-state index in [1.54, 1.807) is 11.3 Å². The van der Waals surface area contributed by atoms with Crippen LogP contribution >= 0.6 is 22.7 Å². The first-order chi connectivity index (χ1) is 15.3. The van der Waals surface area contributed by atoms with Crippen LogP contribution in [0.1, 0.15) is 55.3 Å². The van der Waals surface area contributed by atoms with Crippen molar-refractivity contribution in [2.75, 3.05) is 19.8 Å². The van der Waals surface area contributed by atoms with E-state index in [-0.39, 0.29) is 1.43 Å². The first-order valence-electron chi connectivity index (χ1n) is 11.4. The van der Waals surface area contributed by atoms with Crippen LogP contribution in [0.4, 0.5) is 0 Å². The summed E-state index contributed by atoms with van der Waals surface area (Å²) in [5, 5.41) is 4.52. The van der Waals surface area contributed by atoms with E-state index >= 15 is 0 Å². The predicted octanol–water partition coefficient (Wildman–Crippen LogP) is 5.41. The molecule has 5 rings (SSSR count). The molecular weight excluding hydrogens is 426 g/mol. The van der Waals surface area contributed by atoms with Gasteiger partial charge in [-0.2, -0.15) is 0 Å². The summed E-state index contributed by atoms with van der Waals surface area (Å²) >= 11 is 3.53. The van der Waals surface area contributed by atoms with E-state index in [0.717, 1.165) is 66.7 Å². The van der Waals surface area contributed by atoms with E-state index in [1.165, 1.54) is 40.1 Å². The summed E-state index contributed by atoms with van der Waals surface area (Å²) in [6, 6.07) is 2.03. The van der Waals surface area contributed by atoms with Crippen molar-refractivity contribution in [1.82, 2.24) is 15.3 Å². The summed E-state index contributed by atoms with van der Waals surface area (Å²) in [5.74, 6) is 1.16. The Morgan fingerprint density at radius 2 is 2.16 bits per heavy atom. The summed E-state index contributed by atoms with van der Waals surface area (Å²) in [6.07, 6.45) is 11.7. The molecule has 0 aliphatic carbocycles. The molecule has 1 fully saturated rings. The fraction of sp³-hybridized carbons (Fsp3) is 0.542. The summed E-state index contributed by atoms with van der Waals surface area (Å²) in [4.78, 5) is 24.6. The maximum atomic E-state index is 12.9. The zero-order chi connectivity index (χ0) is 21.0. The molecule has 0 aromatic carbocycles. The van der Waals surface area contributed by atoms with Gasteiger partial charge in [0.15, 0.2) is 0 Å². The summed E-state index contributed by atoms with van der Waals surface area (Å²) in [6.45, 7) is 3.71. The average molecular weight is 458 g/mol. The minimum atomic E-state index is 0. The second-order valence-electron chi connectivity index (χ2n) is 8.61. The molecule has 0 atom stereocenters. The number of thiazole rings is 1. The SMILES string of the molecule is O=C(CCCCC1CCOCC1)Cc1sc2c(c1-c1nc3cnccc3s1)CCNC2.[HH]. The maximum absolute atomic E-state index is 12.9. The standard InChI is InChI=1S/C24H29N3O2S2.H2/c28-17(4-2-1-3-16-7-11-29-12-8-16)13-21-23(18-5-9-26-15-22(18)30-21)24-27-19-14-25-10-6-20(19)31-24;/h6,10,14,16,26H,1-5,7-9,11-13,15H2;1H. The number of unbranched alkanes of at least 4 members (excludes halogenated alkanes) is 1. The predicted molar refractivity (Wildman–Crippen MR) is 129 cm³/mol. The van der Waals surface area contributed by atoms with Crippen molar-refractivity contribution < 1.29 is 11.0 Å². The second kappa shape index (κ2) is 9.86. The largest absolute Gasteiger partial charge is 0.381 e. The van der Waals surface area contributed by atoms with Crippen LogP contribution in [0.3, 0.4) is 0 Å². The Bertz CT molecular complexity index is 1030.